The first kappa shape index (κ1) is 13.0. The summed E-state index contributed by atoms with van der Waals surface area (Å²) in [5.41, 5.74) is 5.06. The van der Waals surface area contributed by atoms with Crippen LogP contribution in [0.4, 0.5) is 11.5 Å². The zero-order chi connectivity index (χ0) is 13.8. The average molecular weight is 257 g/mol. The van der Waals surface area contributed by atoms with Crippen LogP contribution in [0.5, 0.6) is 0 Å². The van der Waals surface area contributed by atoms with Crippen molar-refractivity contribution in [2.45, 2.75) is 13.8 Å². The number of nitrogens with zero attached hydrogens (tertiary/aromatic N) is 2. The molecule has 2 aromatic heterocycles. The van der Waals surface area contributed by atoms with Gasteiger partial charge in [0.1, 0.15) is 5.82 Å². The molecule has 6 nitrogen and oxygen atoms in total. The van der Waals surface area contributed by atoms with Crippen LogP contribution in [0.1, 0.15) is 21.6 Å². The number of anilines is 2. The fourth-order valence-corrected chi connectivity index (χ4v) is 1.65. The highest BCUT2D eigenvalue weighted by atomic mass is 16.1. The maximum atomic E-state index is 12.2. The Morgan fingerprint density at radius 1 is 1.32 bits per heavy atom. The van der Waals surface area contributed by atoms with Gasteiger partial charge in [-0.15, -0.1) is 0 Å². The van der Waals surface area contributed by atoms with Gasteiger partial charge < -0.3 is 10.7 Å². The van der Waals surface area contributed by atoms with E-state index in [0.29, 0.717) is 17.1 Å². The molecule has 4 N–H and O–H groups in total. The molecule has 0 bridgehead atoms. The molecule has 2 aromatic rings. The molecule has 0 atom stereocenters. The summed E-state index contributed by atoms with van der Waals surface area (Å²) in [4.78, 5) is 20.4. The molecule has 0 aliphatic carbocycles. The van der Waals surface area contributed by atoms with Gasteiger partial charge in [0.15, 0.2) is 0 Å². The SMILES string of the molecule is Cc1cc(NN)c(C(=O)Nc2ncccc2C)cn1. The Kier molecular flexibility index (Phi) is 3.72. The molecule has 0 fully saturated rings. The van der Waals surface area contributed by atoms with Gasteiger partial charge in [-0.2, -0.15) is 0 Å². The van der Waals surface area contributed by atoms with Crippen molar-refractivity contribution < 1.29 is 4.79 Å². The number of nitrogens with two attached hydrogens (primary N) is 1. The smallest absolute Gasteiger partial charge is 0.260 e. The third kappa shape index (κ3) is 2.86. The predicted molar refractivity (Wildman–Crippen MR) is 73.7 cm³/mol. The van der Waals surface area contributed by atoms with Gasteiger partial charge in [-0.3, -0.25) is 15.6 Å². The quantitative estimate of drug-likeness (QED) is 0.574. The highest BCUT2D eigenvalue weighted by Gasteiger charge is 2.13. The molecule has 0 saturated carbocycles. The summed E-state index contributed by atoms with van der Waals surface area (Å²) in [7, 11) is 0. The van der Waals surface area contributed by atoms with E-state index in [0.717, 1.165) is 11.3 Å². The topological polar surface area (TPSA) is 92.9 Å². The number of aromatic nitrogens is 2. The zero-order valence-corrected chi connectivity index (χ0v) is 10.8. The summed E-state index contributed by atoms with van der Waals surface area (Å²) in [6.45, 7) is 3.70. The lowest BCUT2D eigenvalue weighted by molar-refractivity contribution is 0.102. The normalized spacial score (nSPS) is 10.1. The van der Waals surface area contributed by atoms with Crippen LogP contribution in [0.25, 0.3) is 0 Å². The lowest BCUT2D eigenvalue weighted by Gasteiger charge is -2.10. The second kappa shape index (κ2) is 5.45. The van der Waals surface area contributed by atoms with Crippen molar-refractivity contribution in [2.24, 2.45) is 5.84 Å². The first-order valence-corrected chi connectivity index (χ1v) is 5.78. The molecule has 0 radical (unpaired) electrons. The largest absolute Gasteiger partial charge is 0.323 e. The molecular weight excluding hydrogens is 242 g/mol. The Hall–Kier alpha value is -2.47. The highest BCUT2D eigenvalue weighted by molar-refractivity contribution is 6.07. The van der Waals surface area contributed by atoms with Gasteiger partial charge in [0.05, 0.1) is 11.3 Å². The van der Waals surface area contributed by atoms with Gasteiger partial charge in [-0.1, -0.05) is 6.07 Å². The number of aryl methyl sites for hydroxylation is 2. The molecule has 19 heavy (non-hydrogen) atoms. The summed E-state index contributed by atoms with van der Waals surface area (Å²) in [6, 6.07) is 5.39. The number of pyridine rings is 2. The summed E-state index contributed by atoms with van der Waals surface area (Å²) < 4.78 is 0. The maximum Gasteiger partial charge on any atom is 0.260 e. The third-order valence-electron chi connectivity index (χ3n) is 2.68. The van der Waals surface area contributed by atoms with Crippen molar-refractivity contribution in [1.29, 1.82) is 0 Å². The van der Waals surface area contributed by atoms with Gasteiger partial charge in [0.25, 0.3) is 5.91 Å². The highest BCUT2D eigenvalue weighted by Crippen LogP contribution is 2.17. The Balaban J connectivity index is 2.28. The average Bonchev–Trinajstić information content (AvgIpc) is 2.41. The molecule has 2 rings (SSSR count). The molecule has 0 spiro atoms. The van der Waals surface area contributed by atoms with E-state index in [9.17, 15) is 4.79 Å². The first-order valence-electron chi connectivity index (χ1n) is 5.78. The fraction of sp³-hybridized carbons (Fsp3) is 0.154. The molecule has 1 amide bonds. The number of amides is 1. The van der Waals surface area contributed by atoms with Crippen LogP contribution in [0.3, 0.4) is 0 Å². The molecule has 0 aliphatic heterocycles. The molecule has 2 heterocycles. The van der Waals surface area contributed by atoms with Crippen molar-refractivity contribution in [3.05, 3.63) is 47.4 Å². The first-order chi connectivity index (χ1) is 9.11. The second-order valence-corrected chi connectivity index (χ2v) is 4.14. The molecule has 98 valence electrons. The molecule has 6 heteroatoms. The van der Waals surface area contributed by atoms with Crippen LogP contribution < -0.4 is 16.6 Å². The Morgan fingerprint density at radius 2 is 2.11 bits per heavy atom. The third-order valence-corrected chi connectivity index (χ3v) is 2.68. The summed E-state index contributed by atoms with van der Waals surface area (Å²) >= 11 is 0. The van der Waals surface area contributed by atoms with E-state index in [1.165, 1.54) is 6.20 Å². The van der Waals surface area contributed by atoms with E-state index < -0.39 is 0 Å². The fourth-order valence-electron chi connectivity index (χ4n) is 1.65. The van der Waals surface area contributed by atoms with E-state index in [1.807, 2.05) is 26.0 Å². The lowest BCUT2D eigenvalue weighted by atomic mass is 10.2. The van der Waals surface area contributed by atoms with E-state index >= 15 is 0 Å². The van der Waals surface area contributed by atoms with Gasteiger partial charge in [0.2, 0.25) is 0 Å². The van der Waals surface area contributed by atoms with Gasteiger partial charge >= 0.3 is 0 Å². The number of nitrogen functional groups attached to an aromatic ring is 1. The standard InChI is InChI=1S/C13H15N5O/c1-8-4-3-5-15-12(8)17-13(19)10-7-16-9(2)6-11(10)18-14/h3-7H,14H2,1-2H3,(H,16,18)(H,15,17,19). The second-order valence-electron chi connectivity index (χ2n) is 4.14. The van der Waals surface area contributed by atoms with Crippen LogP contribution in [-0.4, -0.2) is 15.9 Å². The Morgan fingerprint density at radius 3 is 2.79 bits per heavy atom. The maximum absolute atomic E-state index is 12.2. The minimum absolute atomic E-state index is 0.303. The molecule has 0 saturated heterocycles. The number of carbonyl (C=O) groups excluding carboxylic acids is 1. The molecule has 0 aromatic carbocycles. The van der Waals surface area contributed by atoms with Crippen LogP contribution in [0.15, 0.2) is 30.6 Å². The van der Waals surface area contributed by atoms with Crippen LogP contribution in [0, 0.1) is 13.8 Å². The number of carbonyl (C=O) groups is 1. The number of hydrazine groups is 1. The van der Waals surface area contributed by atoms with Crippen LogP contribution in [0.2, 0.25) is 0 Å². The monoisotopic (exact) mass is 257 g/mol. The lowest BCUT2D eigenvalue weighted by Crippen LogP contribution is -2.18. The van der Waals surface area contributed by atoms with Gasteiger partial charge in [-0.25, -0.2) is 4.98 Å². The van der Waals surface area contributed by atoms with Gasteiger partial charge in [0, 0.05) is 18.1 Å². The molecule has 0 unspecified atom stereocenters. The van der Waals surface area contributed by atoms with Crippen LogP contribution in [-0.2, 0) is 0 Å². The van der Waals surface area contributed by atoms with E-state index in [2.05, 4.69) is 20.7 Å². The summed E-state index contributed by atoms with van der Waals surface area (Å²) in [6.07, 6.45) is 3.11. The van der Waals surface area contributed by atoms with Crippen molar-refractivity contribution >= 4 is 17.4 Å². The summed E-state index contributed by atoms with van der Waals surface area (Å²) in [5, 5.41) is 2.74. The van der Waals surface area contributed by atoms with E-state index in [-0.39, 0.29) is 5.91 Å². The minimum atomic E-state index is -0.303. The summed E-state index contributed by atoms with van der Waals surface area (Å²) in [5.74, 6) is 5.63. The van der Waals surface area contributed by atoms with Gasteiger partial charge in [-0.05, 0) is 31.5 Å². The number of nitrogens with one attached hydrogen (secondary N) is 2. The van der Waals surface area contributed by atoms with Crippen LogP contribution >= 0.6 is 0 Å². The molecular formula is C13H15N5O. The van der Waals surface area contributed by atoms with E-state index in [4.69, 9.17) is 5.84 Å². The van der Waals surface area contributed by atoms with Crippen molar-refractivity contribution in [3.8, 4) is 0 Å². The Labute approximate surface area is 111 Å². The van der Waals surface area contributed by atoms with Crippen molar-refractivity contribution in [2.75, 3.05) is 10.7 Å². The molecule has 0 aliphatic rings. The number of hydrogen-bond donors (Lipinski definition) is 3. The van der Waals surface area contributed by atoms with Crippen molar-refractivity contribution in [1.82, 2.24) is 9.97 Å². The zero-order valence-electron chi connectivity index (χ0n) is 10.8. The number of hydrogen-bond acceptors (Lipinski definition) is 5. The number of rotatable bonds is 3. The van der Waals surface area contributed by atoms with E-state index in [1.54, 1.807) is 12.3 Å². The van der Waals surface area contributed by atoms with Crippen molar-refractivity contribution in [3.63, 3.8) is 0 Å². The predicted octanol–water partition coefficient (Wildman–Crippen LogP) is 1.63. The minimum Gasteiger partial charge on any atom is -0.323 e. The Bertz CT molecular complexity index is 612.